The van der Waals surface area contributed by atoms with Gasteiger partial charge in [0.15, 0.2) is 11.5 Å². The van der Waals surface area contributed by atoms with Gasteiger partial charge in [-0.25, -0.2) is 9.37 Å². The molecule has 0 saturated carbocycles. The average Bonchev–Trinajstić information content (AvgIpc) is 2.85. The second-order valence-corrected chi connectivity index (χ2v) is 7.87. The smallest absolute Gasteiger partial charge is 0.241 e. The van der Waals surface area contributed by atoms with Crippen molar-refractivity contribution in [2.75, 3.05) is 19.1 Å². The number of hydrogen-bond acceptors (Lipinski definition) is 7. The Labute approximate surface area is 210 Å². The van der Waals surface area contributed by atoms with Crippen molar-refractivity contribution in [1.29, 1.82) is 0 Å². The number of rotatable bonds is 8. The molecular weight excluding hydrogens is 491 g/mol. The summed E-state index contributed by atoms with van der Waals surface area (Å²) in [5.74, 6) is -0.478. The summed E-state index contributed by atoms with van der Waals surface area (Å²) in [6, 6.07) is 11.7. The van der Waals surface area contributed by atoms with Crippen LogP contribution in [0.5, 0.6) is 23.1 Å². The first-order valence-corrected chi connectivity index (χ1v) is 10.9. The van der Waals surface area contributed by atoms with E-state index >= 15 is 0 Å². The van der Waals surface area contributed by atoms with Crippen LogP contribution >= 0.6 is 11.6 Å². The van der Waals surface area contributed by atoms with Crippen molar-refractivity contribution in [3.8, 4) is 23.1 Å². The van der Waals surface area contributed by atoms with Gasteiger partial charge in [-0.3, -0.25) is 19.5 Å². The van der Waals surface area contributed by atoms with E-state index in [1.54, 1.807) is 24.4 Å². The number of primary amides is 1. The Hall–Kier alpha value is -4.44. The fraction of sp³-hybridized carbons (Fsp3) is 0.120. The molecule has 0 atom stereocenters. The molecule has 2 aromatic heterocycles. The van der Waals surface area contributed by atoms with Crippen molar-refractivity contribution in [3.05, 3.63) is 71.8 Å². The minimum atomic E-state index is -0.817. The van der Waals surface area contributed by atoms with E-state index in [4.69, 9.17) is 31.5 Å². The Morgan fingerprint density at radius 2 is 1.67 bits per heavy atom. The molecule has 36 heavy (non-hydrogen) atoms. The first-order chi connectivity index (χ1) is 17.3. The number of carbonyl (C=O) groups is 2. The van der Waals surface area contributed by atoms with Gasteiger partial charge in [-0.15, -0.1) is 0 Å². The molecule has 0 aliphatic rings. The van der Waals surface area contributed by atoms with E-state index in [0.29, 0.717) is 33.8 Å². The van der Waals surface area contributed by atoms with Gasteiger partial charge < -0.3 is 19.9 Å². The molecule has 11 heteroatoms. The van der Waals surface area contributed by atoms with Crippen molar-refractivity contribution < 1.29 is 28.2 Å². The maximum atomic E-state index is 13.4. The third kappa shape index (κ3) is 5.13. The summed E-state index contributed by atoms with van der Waals surface area (Å²) < 4.78 is 30.1. The van der Waals surface area contributed by atoms with E-state index in [2.05, 4.69) is 9.97 Å². The topological polar surface area (TPSA) is 117 Å². The van der Waals surface area contributed by atoms with Crippen molar-refractivity contribution in [3.63, 3.8) is 0 Å². The molecule has 2 heterocycles. The van der Waals surface area contributed by atoms with Crippen molar-refractivity contribution in [1.82, 2.24) is 9.97 Å². The largest absolute Gasteiger partial charge is 0.493 e. The number of fused-ring (bicyclic) bond motifs is 1. The number of amides is 2. The fourth-order valence-corrected chi connectivity index (χ4v) is 3.71. The minimum absolute atomic E-state index is 0.0594. The Morgan fingerprint density at radius 3 is 2.31 bits per heavy atom. The minimum Gasteiger partial charge on any atom is -0.493 e. The van der Waals surface area contributed by atoms with Gasteiger partial charge in [-0.05, 0) is 42.5 Å². The number of pyridine rings is 2. The van der Waals surface area contributed by atoms with E-state index in [-0.39, 0.29) is 16.6 Å². The van der Waals surface area contributed by atoms with Crippen LogP contribution in [0.3, 0.4) is 0 Å². The Balaban J connectivity index is 1.71. The molecule has 0 fully saturated rings. The highest BCUT2D eigenvalue weighted by Gasteiger charge is 2.22. The van der Waals surface area contributed by atoms with Crippen molar-refractivity contribution >= 4 is 45.7 Å². The predicted octanol–water partition coefficient (Wildman–Crippen LogP) is 4.77. The van der Waals surface area contributed by atoms with Gasteiger partial charge in [-0.2, -0.15) is 0 Å². The zero-order valence-corrected chi connectivity index (χ0v) is 20.0. The lowest BCUT2D eigenvalue weighted by Gasteiger charge is -2.23. The third-order valence-corrected chi connectivity index (χ3v) is 5.40. The molecule has 0 aliphatic carbocycles. The highest BCUT2D eigenvalue weighted by molar-refractivity contribution is 6.32. The number of halogens is 2. The zero-order chi connectivity index (χ0) is 25.8. The summed E-state index contributed by atoms with van der Waals surface area (Å²) in [7, 11) is 3.04. The SMILES string of the molecule is COc1cc2nccc(Oc3ncc(N(C(=O)CC(N)=O)c4ccc(F)cc4)cc3Cl)c2cc1OC. The molecule has 0 bridgehead atoms. The summed E-state index contributed by atoms with van der Waals surface area (Å²) >= 11 is 6.47. The van der Waals surface area contributed by atoms with Gasteiger partial charge in [0.2, 0.25) is 17.7 Å². The first kappa shape index (κ1) is 24.7. The summed E-state index contributed by atoms with van der Waals surface area (Å²) in [5.41, 5.74) is 6.33. The van der Waals surface area contributed by atoms with Gasteiger partial charge in [0.05, 0.1) is 31.6 Å². The zero-order valence-electron chi connectivity index (χ0n) is 19.2. The number of carbonyl (C=O) groups excluding carboxylic acids is 2. The molecule has 4 rings (SSSR count). The van der Waals surface area contributed by atoms with Crippen LogP contribution < -0.4 is 24.8 Å². The molecule has 2 aromatic carbocycles. The van der Waals surface area contributed by atoms with Gasteiger partial charge in [-0.1, -0.05) is 11.6 Å². The van der Waals surface area contributed by atoms with E-state index in [9.17, 15) is 14.0 Å². The highest BCUT2D eigenvalue weighted by atomic mass is 35.5. The molecule has 9 nitrogen and oxygen atoms in total. The van der Waals surface area contributed by atoms with Gasteiger partial charge in [0, 0.05) is 23.3 Å². The summed E-state index contributed by atoms with van der Waals surface area (Å²) in [5, 5.41) is 0.707. The number of hydrogen-bond donors (Lipinski definition) is 1. The number of anilines is 2. The lowest BCUT2D eigenvalue weighted by Crippen LogP contribution is -2.30. The van der Waals surface area contributed by atoms with Crippen LogP contribution in [0.1, 0.15) is 6.42 Å². The number of benzene rings is 2. The van der Waals surface area contributed by atoms with E-state index in [0.717, 1.165) is 0 Å². The molecule has 0 aliphatic heterocycles. The molecule has 2 amide bonds. The van der Waals surface area contributed by atoms with Crippen LogP contribution in [0.25, 0.3) is 10.9 Å². The monoisotopic (exact) mass is 510 g/mol. The van der Waals surface area contributed by atoms with Crippen LogP contribution in [-0.4, -0.2) is 36.0 Å². The van der Waals surface area contributed by atoms with Crippen LogP contribution in [-0.2, 0) is 9.59 Å². The number of aromatic nitrogens is 2. The van der Waals surface area contributed by atoms with Crippen LogP contribution in [0.2, 0.25) is 5.02 Å². The summed E-state index contributed by atoms with van der Waals surface area (Å²) in [6.07, 6.45) is 2.34. The lowest BCUT2D eigenvalue weighted by atomic mass is 10.2. The molecule has 2 N–H and O–H groups in total. The van der Waals surface area contributed by atoms with Crippen LogP contribution in [0.15, 0.2) is 60.9 Å². The number of ether oxygens (including phenoxy) is 3. The molecule has 0 radical (unpaired) electrons. The van der Waals surface area contributed by atoms with Gasteiger partial charge in [0.25, 0.3) is 0 Å². The lowest BCUT2D eigenvalue weighted by molar-refractivity contribution is -0.125. The molecular formula is C25H20ClFN4O5. The Bertz CT molecular complexity index is 1450. The number of nitrogens with two attached hydrogens (primary N) is 1. The molecule has 0 spiro atoms. The molecule has 0 unspecified atom stereocenters. The second-order valence-electron chi connectivity index (χ2n) is 7.46. The predicted molar refractivity (Wildman–Crippen MR) is 132 cm³/mol. The van der Waals surface area contributed by atoms with Crippen molar-refractivity contribution in [2.45, 2.75) is 6.42 Å². The Morgan fingerprint density at radius 1 is 0.972 bits per heavy atom. The molecule has 184 valence electrons. The van der Waals surface area contributed by atoms with Crippen LogP contribution in [0.4, 0.5) is 15.8 Å². The van der Waals surface area contributed by atoms with E-state index in [1.807, 2.05) is 0 Å². The summed E-state index contributed by atoms with van der Waals surface area (Å²) in [4.78, 5) is 33.9. The first-order valence-electron chi connectivity index (χ1n) is 10.5. The average molecular weight is 511 g/mol. The number of nitrogens with zero attached hydrogens (tertiary/aromatic N) is 3. The van der Waals surface area contributed by atoms with E-state index < -0.39 is 24.1 Å². The maximum Gasteiger partial charge on any atom is 0.241 e. The van der Waals surface area contributed by atoms with Gasteiger partial charge in [0.1, 0.15) is 23.0 Å². The quantitative estimate of drug-likeness (QED) is 0.339. The highest BCUT2D eigenvalue weighted by Crippen LogP contribution is 2.39. The molecule has 0 saturated heterocycles. The standard InChI is InChI=1S/C25H20ClFN4O5/c1-34-21-10-17-19(11-22(21)35-2)29-8-7-20(17)36-25-18(26)9-16(13-30-25)31(24(33)12-23(28)32)15-5-3-14(27)4-6-15/h3-11,13H,12H2,1-2H3,(H2,28,32). The maximum absolute atomic E-state index is 13.4. The van der Waals surface area contributed by atoms with Crippen molar-refractivity contribution in [2.24, 2.45) is 5.73 Å². The Kier molecular flexibility index (Phi) is 7.16. The summed E-state index contributed by atoms with van der Waals surface area (Å²) in [6.45, 7) is 0. The molecule has 4 aromatic rings. The number of methoxy groups -OCH3 is 2. The van der Waals surface area contributed by atoms with Crippen LogP contribution in [0, 0.1) is 5.82 Å². The second kappa shape index (κ2) is 10.4. The van der Waals surface area contributed by atoms with E-state index in [1.165, 1.54) is 55.6 Å². The third-order valence-electron chi connectivity index (χ3n) is 5.12. The van der Waals surface area contributed by atoms with Gasteiger partial charge >= 0.3 is 0 Å². The fourth-order valence-electron chi connectivity index (χ4n) is 3.51. The normalized spacial score (nSPS) is 10.7.